The second kappa shape index (κ2) is 15.3. The largest absolute Gasteiger partial charge is 0.379 e. The Bertz CT molecular complexity index is 680. The van der Waals surface area contributed by atoms with Crippen molar-refractivity contribution in [3.05, 3.63) is 71.3 Å². The van der Waals surface area contributed by atoms with Crippen molar-refractivity contribution in [1.82, 2.24) is 10.6 Å². The number of hydrogen-bond acceptors (Lipinski definition) is 3. The fraction of sp³-hybridized carbons (Fsp3) is 0.409. The Morgan fingerprint density at radius 3 is 2.36 bits per heavy atom. The minimum absolute atomic E-state index is 0. The lowest BCUT2D eigenvalue weighted by Gasteiger charge is -2.13. The summed E-state index contributed by atoms with van der Waals surface area (Å²) in [5.74, 6) is 0.810. The Kier molecular flexibility index (Phi) is 13.3. The van der Waals surface area contributed by atoms with Gasteiger partial charge in [-0.05, 0) is 30.0 Å². The second-order valence-corrected chi connectivity index (χ2v) is 6.16. The van der Waals surface area contributed by atoms with E-state index in [9.17, 15) is 0 Å². The summed E-state index contributed by atoms with van der Waals surface area (Å²) in [7, 11) is 1.79. The van der Waals surface area contributed by atoms with Crippen LogP contribution in [0.3, 0.4) is 0 Å². The van der Waals surface area contributed by atoms with E-state index in [1.165, 1.54) is 11.1 Å². The number of rotatable bonds is 11. The molecule has 154 valence electrons. The molecule has 0 atom stereocenters. The van der Waals surface area contributed by atoms with Crippen molar-refractivity contribution in [3.8, 4) is 0 Å². The molecule has 2 aromatic carbocycles. The number of aliphatic imine (C=N–C) groups is 1. The maximum absolute atomic E-state index is 5.64. The summed E-state index contributed by atoms with van der Waals surface area (Å²) in [6.45, 7) is 6.14. The van der Waals surface area contributed by atoms with Crippen LogP contribution in [0.4, 0.5) is 0 Å². The molecule has 0 heterocycles. The molecule has 0 fully saturated rings. The Morgan fingerprint density at radius 2 is 1.61 bits per heavy atom. The van der Waals surface area contributed by atoms with Crippen LogP contribution in [-0.4, -0.2) is 39.4 Å². The zero-order valence-electron chi connectivity index (χ0n) is 16.8. The van der Waals surface area contributed by atoms with E-state index >= 15 is 0 Å². The zero-order valence-corrected chi connectivity index (χ0v) is 19.1. The quantitative estimate of drug-likeness (QED) is 0.215. The Labute approximate surface area is 186 Å². The molecular weight excluding hydrogens is 465 g/mol. The number of nitrogens with zero attached hydrogens (tertiary/aromatic N) is 1. The number of ether oxygens (including phenoxy) is 2. The molecule has 5 nitrogen and oxygen atoms in total. The van der Waals surface area contributed by atoms with E-state index in [0.717, 1.165) is 37.6 Å². The molecule has 0 unspecified atom stereocenters. The van der Waals surface area contributed by atoms with Crippen molar-refractivity contribution in [2.24, 2.45) is 4.99 Å². The van der Waals surface area contributed by atoms with Crippen LogP contribution >= 0.6 is 24.0 Å². The van der Waals surface area contributed by atoms with Gasteiger partial charge in [0.1, 0.15) is 0 Å². The molecular formula is C22H32IN3O2. The first-order chi connectivity index (χ1) is 13.3. The van der Waals surface area contributed by atoms with Gasteiger partial charge in [-0.3, -0.25) is 4.99 Å². The van der Waals surface area contributed by atoms with Gasteiger partial charge in [0.15, 0.2) is 5.96 Å². The van der Waals surface area contributed by atoms with Crippen LogP contribution in [0.5, 0.6) is 0 Å². The first kappa shape index (κ1) is 24.4. The average Bonchev–Trinajstić information content (AvgIpc) is 2.71. The SMILES string of the molecule is CCOCCOCc1cccc(CNC(=NC)NCCc2ccccc2)c1.I. The smallest absolute Gasteiger partial charge is 0.191 e. The lowest BCUT2D eigenvalue weighted by atomic mass is 10.1. The van der Waals surface area contributed by atoms with E-state index in [-0.39, 0.29) is 24.0 Å². The van der Waals surface area contributed by atoms with Gasteiger partial charge >= 0.3 is 0 Å². The number of hydrogen-bond donors (Lipinski definition) is 2. The minimum Gasteiger partial charge on any atom is -0.379 e. The topological polar surface area (TPSA) is 54.9 Å². The van der Waals surface area contributed by atoms with E-state index in [0.29, 0.717) is 19.8 Å². The normalized spacial score (nSPS) is 11.0. The first-order valence-corrected chi connectivity index (χ1v) is 9.53. The van der Waals surface area contributed by atoms with Gasteiger partial charge in [0, 0.05) is 26.7 Å². The fourth-order valence-electron chi connectivity index (χ4n) is 2.66. The first-order valence-electron chi connectivity index (χ1n) is 9.53. The van der Waals surface area contributed by atoms with Crippen LogP contribution in [0.2, 0.25) is 0 Å². The molecule has 0 saturated carbocycles. The molecule has 0 aromatic heterocycles. The van der Waals surface area contributed by atoms with Gasteiger partial charge in [0.05, 0.1) is 19.8 Å². The number of benzene rings is 2. The third kappa shape index (κ3) is 10.1. The van der Waals surface area contributed by atoms with Gasteiger partial charge in [-0.15, -0.1) is 24.0 Å². The van der Waals surface area contributed by atoms with Crippen molar-refractivity contribution in [1.29, 1.82) is 0 Å². The third-order valence-corrected chi connectivity index (χ3v) is 4.07. The number of halogens is 1. The lowest BCUT2D eigenvalue weighted by molar-refractivity contribution is 0.0453. The molecule has 0 spiro atoms. The highest BCUT2D eigenvalue weighted by atomic mass is 127. The van der Waals surface area contributed by atoms with Gasteiger partial charge in [0.2, 0.25) is 0 Å². The van der Waals surface area contributed by atoms with Crippen LogP contribution in [0.1, 0.15) is 23.6 Å². The molecule has 0 radical (unpaired) electrons. The van der Waals surface area contributed by atoms with Gasteiger partial charge in [0.25, 0.3) is 0 Å². The van der Waals surface area contributed by atoms with Crippen LogP contribution in [0.15, 0.2) is 59.6 Å². The summed E-state index contributed by atoms with van der Waals surface area (Å²) in [6, 6.07) is 18.8. The second-order valence-electron chi connectivity index (χ2n) is 6.16. The van der Waals surface area contributed by atoms with Crippen LogP contribution in [-0.2, 0) is 29.0 Å². The molecule has 0 aliphatic heterocycles. The van der Waals surface area contributed by atoms with Gasteiger partial charge in [-0.1, -0.05) is 54.6 Å². The molecule has 28 heavy (non-hydrogen) atoms. The summed E-state index contributed by atoms with van der Waals surface area (Å²) in [4.78, 5) is 4.29. The van der Waals surface area contributed by atoms with Crippen molar-refractivity contribution in [3.63, 3.8) is 0 Å². The van der Waals surface area contributed by atoms with Crippen LogP contribution < -0.4 is 10.6 Å². The van der Waals surface area contributed by atoms with E-state index in [1.807, 2.05) is 13.0 Å². The molecule has 0 saturated heterocycles. The van der Waals surface area contributed by atoms with Crippen LogP contribution in [0.25, 0.3) is 0 Å². The average molecular weight is 497 g/mol. The molecule has 2 rings (SSSR count). The van der Waals surface area contributed by atoms with Crippen molar-refractivity contribution < 1.29 is 9.47 Å². The van der Waals surface area contributed by atoms with Crippen LogP contribution in [0, 0.1) is 0 Å². The highest BCUT2D eigenvalue weighted by Crippen LogP contribution is 2.06. The number of nitrogens with one attached hydrogen (secondary N) is 2. The Morgan fingerprint density at radius 1 is 0.893 bits per heavy atom. The highest BCUT2D eigenvalue weighted by Gasteiger charge is 2.01. The Hall–Kier alpha value is -1.64. The molecule has 0 amide bonds. The van der Waals surface area contributed by atoms with Crippen molar-refractivity contribution in [2.75, 3.05) is 33.4 Å². The number of guanidine groups is 1. The summed E-state index contributed by atoms with van der Waals surface area (Å²) >= 11 is 0. The molecule has 0 bridgehead atoms. The van der Waals surface area contributed by atoms with E-state index in [2.05, 4.69) is 64.2 Å². The van der Waals surface area contributed by atoms with Gasteiger partial charge in [-0.25, -0.2) is 0 Å². The molecule has 6 heteroatoms. The highest BCUT2D eigenvalue weighted by molar-refractivity contribution is 14.0. The third-order valence-electron chi connectivity index (χ3n) is 4.07. The maximum atomic E-state index is 5.64. The summed E-state index contributed by atoms with van der Waals surface area (Å²) in [6.07, 6.45) is 0.968. The lowest BCUT2D eigenvalue weighted by Crippen LogP contribution is -2.37. The predicted molar refractivity (Wildman–Crippen MR) is 126 cm³/mol. The van der Waals surface area contributed by atoms with Crippen molar-refractivity contribution >= 4 is 29.9 Å². The monoisotopic (exact) mass is 497 g/mol. The predicted octanol–water partition coefficient (Wildman–Crippen LogP) is 3.77. The maximum Gasteiger partial charge on any atom is 0.191 e. The molecule has 2 aromatic rings. The summed E-state index contributed by atoms with van der Waals surface area (Å²) in [5.41, 5.74) is 3.68. The summed E-state index contributed by atoms with van der Waals surface area (Å²) in [5, 5.41) is 6.72. The minimum atomic E-state index is 0. The molecule has 0 aliphatic rings. The van der Waals surface area contributed by atoms with Gasteiger partial charge in [-0.2, -0.15) is 0 Å². The zero-order chi connectivity index (χ0) is 19.2. The standard InChI is InChI=1S/C22H31N3O2.HI/c1-3-26-14-15-27-18-21-11-7-10-20(16-21)17-25-22(23-2)24-13-12-19-8-5-4-6-9-19;/h4-11,16H,3,12-15,17-18H2,1-2H3,(H2,23,24,25);1H. The fourth-order valence-corrected chi connectivity index (χ4v) is 2.66. The molecule has 0 aliphatic carbocycles. The molecule has 2 N–H and O–H groups in total. The van der Waals surface area contributed by atoms with Crippen molar-refractivity contribution in [2.45, 2.75) is 26.5 Å². The summed E-state index contributed by atoms with van der Waals surface area (Å²) < 4.78 is 10.9. The van der Waals surface area contributed by atoms with Gasteiger partial charge < -0.3 is 20.1 Å². The van der Waals surface area contributed by atoms with E-state index in [1.54, 1.807) is 7.05 Å². The van der Waals surface area contributed by atoms with E-state index < -0.39 is 0 Å². The van der Waals surface area contributed by atoms with E-state index in [4.69, 9.17) is 9.47 Å². The Balaban J connectivity index is 0.00000392.